The second kappa shape index (κ2) is 6.81. The van der Waals surface area contributed by atoms with E-state index < -0.39 is 0 Å². The zero-order valence-corrected chi connectivity index (χ0v) is 12.8. The van der Waals surface area contributed by atoms with Crippen LogP contribution in [0.1, 0.15) is 6.42 Å². The van der Waals surface area contributed by atoms with Crippen LogP contribution in [0.4, 0.5) is 16.2 Å². The van der Waals surface area contributed by atoms with Gasteiger partial charge in [-0.05, 0) is 30.3 Å². The maximum atomic E-state index is 11.8. The van der Waals surface area contributed by atoms with E-state index >= 15 is 0 Å². The van der Waals surface area contributed by atoms with E-state index in [4.69, 9.17) is 10.5 Å². The van der Waals surface area contributed by atoms with Crippen molar-refractivity contribution >= 4 is 35.7 Å². The smallest absolute Gasteiger partial charge is 0.414 e. The van der Waals surface area contributed by atoms with Gasteiger partial charge in [-0.1, -0.05) is 0 Å². The molecule has 0 bridgehead atoms. The number of rotatable bonds is 3. The molecule has 6 nitrogen and oxygen atoms in total. The van der Waals surface area contributed by atoms with Gasteiger partial charge in [0.25, 0.3) is 0 Å². The first-order valence-corrected chi connectivity index (χ1v) is 6.93. The van der Waals surface area contributed by atoms with Crippen molar-refractivity contribution in [3.63, 3.8) is 0 Å². The van der Waals surface area contributed by atoms with Crippen LogP contribution in [0.5, 0.6) is 0 Å². The Bertz CT molecular complexity index is 588. The molecule has 7 heteroatoms. The highest BCUT2D eigenvalue weighted by Gasteiger charge is 2.31. The highest BCUT2D eigenvalue weighted by molar-refractivity contribution is 5.92. The molecule has 0 aliphatic carbocycles. The second-order valence-corrected chi connectivity index (χ2v) is 5.09. The van der Waals surface area contributed by atoms with E-state index in [1.54, 1.807) is 17.2 Å². The molecule has 2 heterocycles. The fourth-order valence-electron chi connectivity index (χ4n) is 2.46. The maximum Gasteiger partial charge on any atom is 0.414 e. The highest BCUT2D eigenvalue weighted by Crippen LogP contribution is 2.25. The third-order valence-corrected chi connectivity index (χ3v) is 3.67. The summed E-state index contributed by atoms with van der Waals surface area (Å²) in [5.41, 5.74) is 7.30. The molecule has 1 atom stereocenters. The summed E-state index contributed by atoms with van der Waals surface area (Å²) < 4.78 is 5.14. The number of hydrogen-bond donors (Lipinski definition) is 1. The van der Waals surface area contributed by atoms with E-state index in [0.29, 0.717) is 26.1 Å². The van der Waals surface area contributed by atoms with E-state index in [9.17, 15) is 9.59 Å². The van der Waals surface area contributed by atoms with Gasteiger partial charge in [-0.2, -0.15) is 0 Å². The molecular weight excluding hydrogens is 306 g/mol. The van der Waals surface area contributed by atoms with Gasteiger partial charge in [0.1, 0.15) is 6.10 Å². The molecule has 0 radical (unpaired) electrons. The van der Waals surface area contributed by atoms with Crippen molar-refractivity contribution in [2.24, 2.45) is 5.73 Å². The number of carbonyl (C=O) groups excluding carboxylic acids is 2. The largest absolute Gasteiger partial charge is 0.443 e. The predicted octanol–water partition coefficient (Wildman–Crippen LogP) is 1.69. The van der Waals surface area contributed by atoms with Crippen LogP contribution in [0.3, 0.4) is 0 Å². The first-order chi connectivity index (χ1) is 10.2. The number of cyclic esters (lactones) is 1. The van der Waals surface area contributed by atoms with Crippen molar-refractivity contribution in [1.29, 1.82) is 0 Å². The number of carbonyl (C=O) groups is 2. The van der Waals surface area contributed by atoms with Crippen LogP contribution in [0.2, 0.25) is 0 Å². The van der Waals surface area contributed by atoms with E-state index in [1.165, 1.54) is 0 Å². The minimum atomic E-state index is -0.360. The summed E-state index contributed by atoms with van der Waals surface area (Å²) >= 11 is 0. The fourth-order valence-corrected chi connectivity index (χ4v) is 2.46. The summed E-state index contributed by atoms with van der Waals surface area (Å²) in [6.07, 6.45) is 3.29. The van der Waals surface area contributed by atoms with Crippen LogP contribution in [-0.4, -0.2) is 37.6 Å². The summed E-state index contributed by atoms with van der Waals surface area (Å²) in [6.45, 7) is 1.48. The van der Waals surface area contributed by atoms with Crippen molar-refractivity contribution in [2.75, 3.05) is 29.4 Å². The molecule has 22 heavy (non-hydrogen) atoms. The molecule has 0 spiro atoms. The molecule has 0 unspecified atom stereocenters. The Balaban J connectivity index is 0.00000176. The average Bonchev–Trinajstić information content (AvgIpc) is 2.89. The van der Waals surface area contributed by atoms with E-state index in [-0.39, 0.29) is 30.4 Å². The van der Waals surface area contributed by atoms with Crippen LogP contribution in [0.15, 0.2) is 36.5 Å². The molecule has 1 aromatic rings. The van der Waals surface area contributed by atoms with Gasteiger partial charge in [-0.25, -0.2) is 4.79 Å². The van der Waals surface area contributed by atoms with Gasteiger partial charge in [-0.15, -0.1) is 12.4 Å². The normalized spacial score (nSPS) is 20.9. The van der Waals surface area contributed by atoms with Gasteiger partial charge in [-0.3, -0.25) is 9.69 Å². The van der Waals surface area contributed by atoms with Crippen LogP contribution < -0.4 is 15.5 Å². The number of benzene rings is 1. The van der Waals surface area contributed by atoms with Crippen molar-refractivity contribution < 1.29 is 14.3 Å². The Labute approximate surface area is 134 Å². The summed E-state index contributed by atoms with van der Waals surface area (Å²) in [4.78, 5) is 26.5. The zero-order chi connectivity index (χ0) is 14.8. The van der Waals surface area contributed by atoms with Crippen LogP contribution >= 0.6 is 12.4 Å². The molecule has 0 aromatic heterocycles. The molecule has 0 saturated carbocycles. The molecule has 2 aliphatic heterocycles. The Morgan fingerprint density at radius 3 is 2.41 bits per heavy atom. The zero-order valence-electron chi connectivity index (χ0n) is 12.0. The van der Waals surface area contributed by atoms with E-state index in [0.717, 1.165) is 11.4 Å². The fraction of sp³-hybridized carbons (Fsp3) is 0.333. The summed E-state index contributed by atoms with van der Waals surface area (Å²) in [7, 11) is 0. The Morgan fingerprint density at radius 1 is 1.18 bits per heavy atom. The molecule has 2 aliphatic rings. The third kappa shape index (κ3) is 3.23. The lowest BCUT2D eigenvalue weighted by atomic mass is 10.1. The first-order valence-electron chi connectivity index (χ1n) is 6.93. The minimum absolute atomic E-state index is 0. The number of nitrogens with two attached hydrogens (primary N) is 1. The lowest BCUT2D eigenvalue weighted by Gasteiger charge is -2.23. The quantitative estimate of drug-likeness (QED) is 0.916. The van der Waals surface area contributed by atoms with Gasteiger partial charge >= 0.3 is 6.09 Å². The van der Waals surface area contributed by atoms with Crippen LogP contribution in [0.25, 0.3) is 0 Å². The summed E-state index contributed by atoms with van der Waals surface area (Å²) in [5.74, 6) is 0.149. The molecule has 1 amide bonds. The van der Waals surface area contributed by atoms with Gasteiger partial charge in [0.05, 0.1) is 6.54 Å². The standard InChI is InChI=1S/C15H17N3O3.ClH/c16-9-14-10-18(15(20)21-14)12-3-1-11(2-4-12)17-7-5-13(19)6-8-17;/h1-5,7,14H,6,8-10,16H2;1H/t14-;/m0./s1. The summed E-state index contributed by atoms with van der Waals surface area (Å²) in [5, 5.41) is 0. The number of ketones is 1. The number of allylic oxidation sites excluding steroid dienone is 1. The monoisotopic (exact) mass is 323 g/mol. The molecule has 1 fully saturated rings. The lowest BCUT2D eigenvalue weighted by Crippen LogP contribution is -2.27. The third-order valence-electron chi connectivity index (χ3n) is 3.67. The molecule has 3 rings (SSSR count). The molecule has 118 valence electrons. The van der Waals surface area contributed by atoms with Gasteiger partial charge in [0, 0.05) is 37.1 Å². The first kappa shape index (κ1) is 16.3. The van der Waals surface area contributed by atoms with Crippen LogP contribution in [-0.2, 0) is 9.53 Å². The number of ether oxygens (including phenoxy) is 1. The molecule has 1 aromatic carbocycles. The van der Waals surface area contributed by atoms with Gasteiger partial charge in [0.15, 0.2) is 5.78 Å². The molecule has 2 N–H and O–H groups in total. The van der Waals surface area contributed by atoms with Crippen LogP contribution in [0, 0.1) is 0 Å². The number of amides is 1. The van der Waals surface area contributed by atoms with E-state index in [1.807, 2.05) is 29.2 Å². The number of anilines is 2. The molecular formula is C15H18ClN3O3. The Hall–Kier alpha value is -2.05. The van der Waals surface area contributed by atoms with Crippen molar-refractivity contribution in [2.45, 2.75) is 12.5 Å². The Kier molecular flexibility index (Phi) is 5.05. The van der Waals surface area contributed by atoms with Crippen molar-refractivity contribution in [1.82, 2.24) is 0 Å². The van der Waals surface area contributed by atoms with Gasteiger partial charge < -0.3 is 15.4 Å². The van der Waals surface area contributed by atoms with Gasteiger partial charge in [0.2, 0.25) is 0 Å². The predicted molar refractivity (Wildman–Crippen MR) is 86.5 cm³/mol. The summed E-state index contributed by atoms with van der Waals surface area (Å²) in [6, 6.07) is 7.61. The Morgan fingerprint density at radius 2 is 1.86 bits per heavy atom. The van der Waals surface area contributed by atoms with Crippen molar-refractivity contribution in [3.05, 3.63) is 36.5 Å². The van der Waals surface area contributed by atoms with E-state index in [2.05, 4.69) is 0 Å². The molecule has 1 saturated heterocycles. The number of nitrogens with zero attached hydrogens (tertiary/aromatic N) is 2. The number of hydrogen-bond acceptors (Lipinski definition) is 5. The maximum absolute atomic E-state index is 11.8. The highest BCUT2D eigenvalue weighted by atomic mass is 35.5. The lowest BCUT2D eigenvalue weighted by molar-refractivity contribution is -0.114. The SMILES string of the molecule is Cl.NC[C@H]1CN(c2ccc(N3C=CC(=O)CC3)cc2)C(=O)O1. The van der Waals surface area contributed by atoms with Crippen molar-refractivity contribution in [3.8, 4) is 0 Å². The average molecular weight is 324 g/mol. The minimum Gasteiger partial charge on any atom is -0.443 e. The topological polar surface area (TPSA) is 75.9 Å². The number of halogens is 1. The second-order valence-electron chi connectivity index (χ2n) is 5.09.